The van der Waals surface area contributed by atoms with Crippen LogP contribution in [0.15, 0.2) is 19.0 Å². The number of anilines is 1. The van der Waals surface area contributed by atoms with E-state index in [1.165, 1.54) is 17.2 Å². The third kappa shape index (κ3) is 3.44. The maximum atomic E-state index is 10.3. The molecule has 0 unspecified atom stereocenters. The standard InChI is InChI=1S/C10H12N4O5.C4H6N4O/c15-1-4-6(16)7(17)10(19-4)14-3-13-5-8(14)11-2-12-9(5)18;5-3-2(4(6)9)7-1-8-3/h2-4,6-7,10,15-17H,1H2,(H,11,12,18);1H,5H2,(H2,6,9)(H,7,8)/t4-,6-,7-,10-;/m1./s1. The number of aliphatic hydroxyl groups is 3. The lowest BCUT2D eigenvalue weighted by atomic mass is 10.1. The first-order valence-corrected chi connectivity index (χ1v) is 7.92. The highest BCUT2D eigenvalue weighted by Crippen LogP contribution is 2.32. The zero-order valence-corrected chi connectivity index (χ0v) is 14.2. The maximum absolute atomic E-state index is 10.3. The van der Waals surface area contributed by atoms with Crippen molar-refractivity contribution in [1.82, 2.24) is 29.5 Å². The minimum atomic E-state index is -1.23. The Balaban J connectivity index is 0.000000211. The van der Waals surface area contributed by atoms with Gasteiger partial charge in [0.05, 0.1) is 19.3 Å². The number of ether oxygens (including phenoxy) is 1. The Labute approximate surface area is 156 Å². The summed E-state index contributed by atoms with van der Waals surface area (Å²) >= 11 is 0. The lowest BCUT2D eigenvalue weighted by Gasteiger charge is -2.16. The summed E-state index contributed by atoms with van der Waals surface area (Å²) in [5.41, 5.74) is 10.6. The van der Waals surface area contributed by atoms with Crippen LogP contribution in [0.2, 0.25) is 0 Å². The first-order valence-electron chi connectivity index (χ1n) is 7.92. The summed E-state index contributed by atoms with van der Waals surface area (Å²) in [7, 11) is 0. The monoisotopic (exact) mass is 394 g/mol. The van der Waals surface area contributed by atoms with Gasteiger partial charge in [0, 0.05) is 0 Å². The molecular weight excluding hydrogens is 376 g/mol. The van der Waals surface area contributed by atoms with Crippen molar-refractivity contribution in [2.24, 2.45) is 5.73 Å². The van der Waals surface area contributed by atoms with Crippen LogP contribution < -0.4 is 11.5 Å². The highest BCUT2D eigenvalue weighted by molar-refractivity contribution is 5.94. The van der Waals surface area contributed by atoms with Crippen LogP contribution in [-0.4, -0.2) is 80.7 Å². The summed E-state index contributed by atoms with van der Waals surface area (Å²) in [4.78, 5) is 27.9. The zero-order chi connectivity index (χ0) is 20.4. The number of aromatic hydroxyl groups is 1. The summed E-state index contributed by atoms with van der Waals surface area (Å²) in [5.74, 6) is -0.688. The molecule has 1 saturated heterocycles. The van der Waals surface area contributed by atoms with Gasteiger partial charge in [0.1, 0.15) is 30.5 Å². The van der Waals surface area contributed by atoms with E-state index in [1.54, 1.807) is 0 Å². The fourth-order valence-corrected chi connectivity index (χ4v) is 2.64. The van der Waals surface area contributed by atoms with Gasteiger partial charge in [0.25, 0.3) is 5.91 Å². The van der Waals surface area contributed by atoms with Crippen molar-refractivity contribution < 1.29 is 30.0 Å². The largest absolute Gasteiger partial charge is 0.492 e. The van der Waals surface area contributed by atoms with Crippen LogP contribution in [0.4, 0.5) is 5.82 Å². The zero-order valence-electron chi connectivity index (χ0n) is 14.2. The van der Waals surface area contributed by atoms with Gasteiger partial charge in [0.2, 0.25) is 5.88 Å². The molecule has 9 N–H and O–H groups in total. The van der Waals surface area contributed by atoms with Crippen molar-refractivity contribution in [3.05, 3.63) is 24.7 Å². The average molecular weight is 394 g/mol. The van der Waals surface area contributed by atoms with Gasteiger partial charge in [-0.05, 0) is 0 Å². The van der Waals surface area contributed by atoms with E-state index in [4.69, 9.17) is 21.3 Å². The van der Waals surface area contributed by atoms with Crippen molar-refractivity contribution >= 4 is 22.9 Å². The van der Waals surface area contributed by atoms with E-state index in [1.807, 2.05) is 0 Å². The molecule has 0 radical (unpaired) electrons. The van der Waals surface area contributed by atoms with Gasteiger partial charge in [-0.1, -0.05) is 0 Å². The number of nitrogen functional groups attached to an aromatic ring is 1. The quantitative estimate of drug-likeness (QED) is 0.240. The minimum absolute atomic E-state index is 0.0926. The molecule has 150 valence electrons. The molecule has 4 atom stereocenters. The highest BCUT2D eigenvalue weighted by atomic mass is 16.6. The van der Waals surface area contributed by atoms with Crippen molar-refractivity contribution in [2.45, 2.75) is 24.5 Å². The van der Waals surface area contributed by atoms with Crippen LogP contribution in [0.1, 0.15) is 16.7 Å². The van der Waals surface area contributed by atoms with E-state index in [2.05, 4.69) is 24.9 Å². The number of primary amides is 1. The van der Waals surface area contributed by atoms with E-state index < -0.39 is 37.1 Å². The molecule has 4 rings (SSSR count). The van der Waals surface area contributed by atoms with Crippen molar-refractivity contribution in [1.29, 1.82) is 0 Å². The molecule has 4 heterocycles. The van der Waals surface area contributed by atoms with Gasteiger partial charge in [-0.15, -0.1) is 0 Å². The summed E-state index contributed by atoms with van der Waals surface area (Å²) < 4.78 is 6.73. The van der Waals surface area contributed by atoms with Gasteiger partial charge >= 0.3 is 0 Å². The lowest BCUT2D eigenvalue weighted by molar-refractivity contribution is -0.0511. The molecular formula is C14H18N8O6. The molecule has 0 saturated carbocycles. The van der Waals surface area contributed by atoms with Crippen molar-refractivity contribution in [3.8, 4) is 5.88 Å². The number of rotatable bonds is 3. The normalized spacial score (nSPS) is 24.1. The molecule has 1 aliphatic heterocycles. The number of nitrogens with zero attached hydrogens (tertiary/aromatic N) is 5. The molecule has 0 aliphatic carbocycles. The Kier molecular flexibility index (Phi) is 5.36. The summed E-state index contributed by atoms with van der Waals surface area (Å²) in [5, 5.41) is 38.2. The Morgan fingerprint density at radius 3 is 2.54 bits per heavy atom. The third-order valence-electron chi connectivity index (χ3n) is 4.03. The number of aliphatic hydroxyl groups excluding tert-OH is 3. The minimum Gasteiger partial charge on any atom is -0.492 e. The number of imidazole rings is 2. The Morgan fingerprint density at radius 2 is 2.00 bits per heavy atom. The lowest BCUT2D eigenvalue weighted by Crippen LogP contribution is -2.33. The first-order chi connectivity index (χ1) is 13.3. The Morgan fingerprint density at radius 1 is 1.25 bits per heavy atom. The van der Waals surface area contributed by atoms with Gasteiger partial charge in [-0.2, -0.15) is 4.98 Å². The summed E-state index contributed by atoms with van der Waals surface area (Å²) in [6, 6.07) is 0. The number of nitrogens with one attached hydrogen (secondary N) is 1. The fraction of sp³-hybridized carbons (Fsp3) is 0.357. The highest BCUT2D eigenvalue weighted by Gasteiger charge is 2.44. The number of amides is 1. The molecule has 1 fully saturated rings. The fourth-order valence-electron chi connectivity index (χ4n) is 2.64. The number of carbonyl (C=O) groups is 1. The first kappa shape index (κ1) is 19.4. The van der Waals surface area contributed by atoms with E-state index in [-0.39, 0.29) is 28.6 Å². The topological polar surface area (TPSA) is 232 Å². The van der Waals surface area contributed by atoms with Crippen molar-refractivity contribution in [3.63, 3.8) is 0 Å². The van der Waals surface area contributed by atoms with E-state index in [0.29, 0.717) is 0 Å². The van der Waals surface area contributed by atoms with Crippen LogP contribution in [0.3, 0.4) is 0 Å². The number of fused-ring (bicyclic) bond motifs is 1. The summed E-state index contributed by atoms with van der Waals surface area (Å²) in [6.07, 6.45) is -0.472. The molecule has 3 aromatic heterocycles. The second-order valence-electron chi connectivity index (χ2n) is 5.78. The van der Waals surface area contributed by atoms with E-state index >= 15 is 0 Å². The van der Waals surface area contributed by atoms with Crippen LogP contribution in [0.5, 0.6) is 5.88 Å². The molecule has 1 aliphatic rings. The number of hydrogen-bond donors (Lipinski definition) is 7. The van der Waals surface area contributed by atoms with E-state index in [0.717, 1.165) is 6.33 Å². The van der Waals surface area contributed by atoms with E-state index in [9.17, 15) is 20.1 Å². The third-order valence-corrected chi connectivity index (χ3v) is 4.03. The van der Waals surface area contributed by atoms with Gasteiger partial charge in [0.15, 0.2) is 23.1 Å². The average Bonchev–Trinajstić information content (AvgIpc) is 3.35. The summed E-state index contributed by atoms with van der Waals surface area (Å²) in [6.45, 7) is -0.415. The molecule has 28 heavy (non-hydrogen) atoms. The van der Waals surface area contributed by atoms with Gasteiger partial charge in [-0.3, -0.25) is 9.36 Å². The molecule has 3 aromatic rings. The smallest absolute Gasteiger partial charge is 0.271 e. The molecule has 0 spiro atoms. The number of aromatic amines is 1. The Bertz CT molecular complexity index is 974. The van der Waals surface area contributed by atoms with Crippen LogP contribution in [0, 0.1) is 0 Å². The van der Waals surface area contributed by atoms with Gasteiger partial charge < -0.3 is 41.6 Å². The molecule has 14 heteroatoms. The SMILES string of the molecule is NC(=O)c1nc[nH]c1N.OC[C@H]1O[C@@H](n2cnc3c(O)ncnc32)[C@H](O)[C@@H]1O. The van der Waals surface area contributed by atoms with Crippen LogP contribution in [0.25, 0.3) is 11.2 Å². The number of hydrogen-bond acceptors (Lipinski definition) is 11. The van der Waals surface area contributed by atoms with Crippen LogP contribution >= 0.6 is 0 Å². The molecule has 14 nitrogen and oxygen atoms in total. The van der Waals surface area contributed by atoms with Crippen LogP contribution in [-0.2, 0) is 4.74 Å². The molecule has 0 aromatic carbocycles. The number of H-pyrrole nitrogens is 1. The number of carbonyl (C=O) groups excluding carboxylic acids is 1. The van der Waals surface area contributed by atoms with Gasteiger partial charge in [-0.25, -0.2) is 15.0 Å². The number of nitrogens with two attached hydrogens (primary N) is 2. The second-order valence-corrected chi connectivity index (χ2v) is 5.78. The second kappa shape index (κ2) is 7.73. The molecule has 1 amide bonds. The predicted octanol–water partition coefficient (Wildman–Crippen LogP) is -2.77. The predicted molar refractivity (Wildman–Crippen MR) is 91.5 cm³/mol. The molecule has 0 bridgehead atoms. The van der Waals surface area contributed by atoms with Crippen molar-refractivity contribution in [2.75, 3.05) is 12.3 Å². The Hall–Kier alpha value is -3.33. The maximum Gasteiger partial charge on any atom is 0.271 e. The number of aromatic nitrogens is 6.